The summed E-state index contributed by atoms with van der Waals surface area (Å²) < 4.78 is 6.95. The lowest BCUT2D eigenvalue weighted by molar-refractivity contribution is 0.102. The second-order valence-electron chi connectivity index (χ2n) is 6.56. The fourth-order valence-electron chi connectivity index (χ4n) is 3.07. The first kappa shape index (κ1) is 21.0. The van der Waals surface area contributed by atoms with Gasteiger partial charge in [0.1, 0.15) is 23.1 Å². The van der Waals surface area contributed by atoms with Gasteiger partial charge in [-0.1, -0.05) is 6.92 Å². The number of methoxy groups -OCH3 is 1. The maximum atomic E-state index is 13.0. The second kappa shape index (κ2) is 9.62. The molecule has 3 aromatic rings. The van der Waals surface area contributed by atoms with Gasteiger partial charge in [-0.15, -0.1) is 0 Å². The molecule has 0 aromatic carbocycles. The van der Waals surface area contributed by atoms with Crippen molar-refractivity contribution in [3.63, 3.8) is 0 Å². The van der Waals surface area contributed by atoms with Crippen molar-refractivity contribution in [1.29, 1.82) is 5.26 Å². The van der Waals surface area contributed by atoms with Crippen LogP contribution in [0.2, 0.25) is 0 Å². The molecule has 3 aromatic heterocycles. The van der Waals surface area contributed by atoms with E-state index in [0.29, 0.717) is 54.1 Å². The van der Waals surface area contributed by atoms with E-state index in [1.807, 2.05) is 11.5 Å². The first-order valence-corrected chi connectivity index (χ1v) is 9.50. The number of aryl methyl sites for hydroxylation is 1. The minimum Gasteiger partial charge on any atom is -0.383 e. The number of amides is 1. The smallest absolute Gasteiger partial charge is 0.260 e. The lowest BCUT2D eigenvalue weighted by Gasteiger charge is -2.10. The molecule has 0 aliphatic rings. The third kappa shape index (κ3) is 4.45. The molecule has 0 spiro atoms. The van der Waals surface area contributed by atoms with Gasteiger partial charge in [0.2, 0.25) is 0 Å². The number of nitrogens with one attached hydrogen (secondary N) is 2. The molecule has 9 heteroatoms. The number of fused-ring (bicyclic) bond motifs is 1. The fourth-order valence-corrected chi connectivity index (χ4v) is 3.07. The van der Waals surface area contributed by atoms with Crippen molar-refractivity contribution in [2.24, 2.45) is 0 Å². The van der Waals surface area contributed by atoms with Gasteiger partial charge in [-0.05, 0) is 18.6 Å². The Balaban J connectivity index is 1.92. The monoisotopic (exact) mass is 406 g/mol. The average molecular weight is 406 g/mol. The summed E-state index contributed by atoms with van der Waals surface area (Å²) >= 11 is 0. The minimum atomic E-state index is -0.398. The number of carbonyl (C=O) groups excluding carboxylic acids is 2. The fraction of sp³-hybridized carbons (Fsp3) is 0.286. The van der Waals surface area contributed by atoms with Crippen LogP contribution < -0.4 is 10.6 Å². The largest absolute Gasteiger partial charge is 0.383 e. The molecule has 0 atom stereocenters. The molecule has 2 N–H and O–H groups in total. The number of rotatable bonds is 9. The molecule has 3 rings (SSSR count). The Labute approximate surface area is 173 Å². The van der Waals surface area contributed by atoms with Crippen LogP contribution >= 0.6 is 0 Å². The summed E-state index contributed by atoms with van der Waals surface area (Å²) in [5.74, 6) is -0.104. The van der Waals surface area contributed by atoms with Gasteiger partial charge in [0.15, 0.2) is 6.29 Å². The Kier molecular flexibility index (Phi) is 6.72. The predicted octanol–water partition coefficient (Wildman–Crippen LogP) is 2.84. The van der Waals surface area contributed by atoms with E-state index in [-0.39, 0.29) is 5.69 Å². The van der Waals surface area contributed by atoms with E-state index in [2.05, 4.69) is 26.7 Å². The Morgan fingerprint density at radius 2 is 2.23 bits per heavy atom. The summed E-state index contributed by atoms with van der Waals surface area (Å²) in [5.41, 5.74) is 2.75. The molecule has 154 valence electrons. The topological polar surface area (TPSA) is 122 Å². The first-order chi connectivity index (χ1) is 14.6. The summed E-state index contributed by atoms with van der Waals surface area (Å²) in [6, 6.07) is 7.08. The maximum absolute atomic E-state index is 13.0. The summed E-state index contributed by atoms with van der Waals surface area (Å²) in [5, 5.41) is 15.1. The van der Waals surface area contributed by atoms with E-state index in [0.717, 1.165) is 11.9 Å². The third-order valence-electron chi connectivity index (χ3n) is 4.46. The SMILES string of the molecule is CCCn1cc(C(=O)Nc2cc(NCCOC)c(C#N)cn2)c2nc(C=O)ccc21. The van der Waals surface area contributed by atoms with E-state index < -0.39 is 5.91 Å². The number of nitriles is 1. The van der Waals surface area contributed by atoms with Crippen LogP contribution in [-0.4, -0.2) is 47.0 Å². The van der Waals surface area contributed by atoms with Crippen molar-refractivity contribution >= 4 is 34.7 Å². The molecular formula is C21H22N6O3. The van der Waals surface area contributed by atoms with Crippen LogP contribution in [0, 0.1) is 11.3 Å². The third-order valence-corrected chi connectivity index (χ3v) is 4.46. The van der Waals surface area contributed by atoms with Crippen molar-refractivity contribution in [3.8, 4) is 6.07 Å². The van der Waals surface area contributed by atoms with Gasteiger partial charge in [0.05, 0.1) is 28.9 Å². The van der Waals surface area contributed by atoms with Crippen LogP contribution in [0.3, 0.4) is 0 Å². The number of carbonyl (C=O) groups is 2. The van der Waals surface area contributed by atoms with E-state index >= 15 is 0 Å². The molecule has 9 nitrogen and oxygen atoms in total. The standard InChI is InChI=1S/C21H22N6O3/c1-3-7-27-12-16(20-18(27)5-4-15(13-28)25-20)21(29)26-19-9-17(23-6-8-30-2)14(10-22)11-24-19/h4-5,9,11-13H,3,6-8H2,1-2H3,(H2,23,24,26,29). The molecule has 30 heavy (non-hydrogen) atoms. The Morgan fingerprint density at radius 1 is 1.40 bits per heavy atom. The summed E-state index contributed by atoms with van der Waals surface area (Å²) in [4.78, 5) is 32.6. The molecule has 0 fully saturated rings. The highest BCUT2D eigenvalue weighted by atomic mass is 16.5. The van der Waals surface area contributed by atoms with Gasteiger partial charge < -0.3 is 19.9 Å². The molecule has 0 bridgehead atoms. The molecule has 0 unspecified atom stereocenters. The van der Waals surface area contributed by atoms with Crippen LogP contribution in [0.1, 0.15) is 39.8 Å². The highest BCUT2D eigenvalue weighted by Crippen LogP contribution is 2.23. The predicted molar refractivity (Wildman–Crippen MR) is 113 cm³/mol. The Morgan fingerprint density at radius 3 is 2.93 bits per heavy atom. The van der Waals surface area contributed by atoms with Crippen LogP contribution in [0.4, 0.5) is 11.5 Å². The van der Waals surface area contributed by atoms with Crippen LogP contribution in [0.25, 0.3) is 11.0 Å². The van der Waals surface area contributed by atoms with Crippen LogP contribution in [0.5, 0.6) is 0 Å². The average Bonchev–Trinajstić information content (AvgIpc) is 3.12. The van der Waals surface area contributed by atoms with E-state index in [9.17, 15) is 14.9 Å². The normalized spacial score (nSPS) is 10.6. The van der Waals surface area contributed by atoms with E-state index in [4.69, 9.17) is 4.74 Å². The molecule has 0 aliphatic heterocycles. The highest BCUT2D eigenvalue weighted by molar-refractivity contribution is 6.12. The van der Waals surface area contributed by atoms with Crippen molar-refractivity contribution in [2.45, 2.75) is 19.9 Å². The van der Waals surface area contributed by atoms with Gasteiger partial charge in [-0.2, -0.15) is 5.26 Å². The van der Waals surface area contributed by atoms with Crippen LogP contribution in [0.15, 0.2) is 30.6 Å². The number of nitrogens with zero attached hydrogens (tertiary/aromatic N) is 4. The van der Waals surface area contributed by atoms with Gasteiger partial charge in [-0.25, -0.2) is 9.97 Å². The quantitative estimate of drug-likeness (QED) is 0.414. The van der Waals surface area contributed by atoms with Crippen molar-refractivity contribution in [1.82, 2.24) is 14.5 Å². The van der Waals surface area contributed by atoms with Crippen molar-refractivity contribution in [2.75, 3.05) is 30.9 Å². The molecule has 3 heterocycles. The molecule has 0 saturated heterocycles. The van der Waals surface area contributed by atoms with Crippen molar-refractivity contribution in [3.05, 3.63) is 47.4 Å². The van der Waals surface area contributed by atoms with Crippen molar-refractivity contribution < 1.29 is 14.3 Å². The number of ether oxygens (including phenoxy) is 1. The molecule has 1 amide bonds. The lowest BCUT2D eigenvalue weighted by Crippen LogP contribution is -2.14. The summed E-state index contributed by atoms with van der Waals surface area (Å²) in [6.45, 7) is 3.73. The number of hydrogen-bond donors (Lipinski definition) is 2. The zero-order valence-corrected chi connectivity index (χ0v) is 16.8. The first-order valence-electron chi connectivity index (χ1n) is 9.50. The summed E-state index contributed by atoms with van der Waals surface area (Å²) in [7, 11) is 1.59. The highest BCUT2D eigenvalue weighted by Gasteiger charge is 2.18. The van der Waals surface area contributed by atoms with E-state index in [1.54, 1.807) is 31.5 Å². The van der Waals surface area contributed by atoms with Crippen LogP contribution in [-0.2, 0) is 11.3 Å². The Bertz CT molecular complexity index is 1120. The molecular weight excluding hydrogens is 384 g/mol. The number of hydrogen-bond acceptors (Lipinski definition) is 7. The second-order valence-corrected chi connectivity index (χ2v) is 6.56. The molecule has 0 saturated carbocycles. The van der Waals surface area contributed by atoms with Gasteiger partial charge in [-0.3, -0.25) is 9.59 Å². The zero-order valence-electron chi connectivity index (χ0n) is 16.8. The number of aromatic nitrogens is 3. The summed E-state index contributed by atoms with van der Waals surface area (Å²) in [6.07, 6.45) is 4.66. The Hall–Kier alpha value is -3.77. The lowest BCUT2D eigenvalue weighted by atomic mass is 10.2. The molecule has 0 radical (unpaired) electrons. The number of pyridine rings is 2. The van der Waals surface area contributed by atoms with Gasteiger partial charge in [0, 0.05) is 38.7 Å². The number of anilines is 2. The number of aldehydes is 1. The van der Waals surface area contributed by atoms with E-state index in [1.165, 1.54) is 6.20 Å². The zero-order chi connectivity index (χ0) is 21.5. The molecule has 0 aliphatic carbocycles. The minimum absolute atomic E-state index is 0.256. The maximum Gasteiger partial charge on any atom is 0.260 e. The van der Waals surface area contributed by atoms with Gasteiger partial charge in [0.25, 0.3) is 5.91 Å². The van der Waals surface area contributed by atoms with Gasteiger partial charge >= 0.3 is 0 Å².